The summed E-state index contributed by atoms with van der Waals surface area (Å²) in [6, 6.07) is 17.4. The Bertz CT molecular complexity index is 1720. The van der Waals surface area contributed by atoms with E-state index in [2.05, 4.69) is 37.2 Å². The smallest absolute Gasteiger partial charge is 0.270 e. The molecular formula is C31H26ClFN6O. The lowest BCUT2D eigenvalue weighted by molar-refractivity contribution is 0.0912. The predicted octanol–water partition coefficient (Wildman–Crippen LogP) is 6.04. The van der Waals surface area contributed by atoms with E-state index in [1.807, 2.05) is 36.4 Å². The summed E-state index contributed by atoms with van der Waals surface area (Å²) in [6.07, 6.45) is 6.94. The minimum absolute atomic E-state index is 0.145. The maximum absolute atomic E-state index is 14.8. The van der Waals surface area contributed by atoms with Crippen molar-refractivity contribution in [2.75, 3.05) is 20.1 Å². The normalized spacial score (nSPS) is 14.4. The second-order valence-corrected chi connectivity index (χ2v) is 10.4. The number of halogens is 2. The van der Waals surface area contributed by atoms with Crippen molar-refractivity contribution in [3.05, 3.63) is 95.8 Å². The van der Waals surface area contributed by atoms with E-state index in [1.165, 1.54) is 12.1 Å². The molecule has 4 aromatic heterocycles. The number of piperidine rings is 1. The zero-order valence-electron chi connectivity index (χ0n) is 21.8. The van der Waals surface area contributed by atoms with Crippen LogP contribution in [0.3, 0.4) is 0 Å². The summed E-state index contributed by atoms with van der Waals surface area (Å²) in [5, 5.41) is 4.33. The Morgan fingerprint density at radius 3 is 2.62 bits per heavy atom. The molecule has 6 rings (SSSR count). The molecule has 0 atom stereocenters. The molecule has 1 aliphatic heterocycles. The molecule has 0 saturated carbocycles. The van der Waals surface area contributed by atoms with Gasteiger partial charge in [-0.2, -0.15) is 0 Å². The average molecular weight is 553 g/mol. The van der Waals surface area contributed by atoms with E-state index < -0.39 is 5.82 Å². The van der Waals surface area contributed by atoms with Crippen molar-refractivity contribution < 1.29 is 9.18 Å². The van der Waals surface area contributed by atoms with Crippen LogP contribution in [-0.2, 0) is 0 Å². The predicted molar refractivity (Wildman–Crippen MR) is 154 cm³/mol. The van der Waals surface area contributed by atoms with E-state index >= 15 is 0 Å². The number of carbonyl (C=O) groups is 1. The molecule has 1 aromatic carbocycles. The molecule has 1 fully saturated rings. The minimum Gasteiger partial charge on any atom is -0.348 e. The van der Waals surface area contributed by atoms with Gasteiger partial charge >= 0.3 is 0 Å². The third-order valence-electron chi connectivity index (χ3n) is 7.17. The van der Waals surface area contributed by atoms with Gasteiger partial charge in [-0.25, -0.2) is 19.3 Å². The molecule has 9 heteroatoms. The van der Waals surface area contributed by atoms with Gasteiger partial charge in [0.25, 0.3) is 5.91 Å². The van der Waals surface area contributed by atoms with Gasteiger partial charge in [-0.15, -0.1) is 0 Å². The fourth-order valence-corrected chi connectivity index (χ4v) is 5.16. The Kier molecular flexibility index (Phi) is 7.19. The minimum atomic E-state index is -0.426. The number of likely N-dealkylation sites (tertiary alicyclic amines) is 1. The number of carbonyl (C=O) groups excluding carboxylic acids is 1. The number of nitrogens with zero attached hydrogens (tertiary/aromatic N) is 5. The van der Waals surface area contributed by atoms with Gasteiger partial charge in [0, 0.05) is 51.7 Å². The summed E-state index contributed by atoms with van der Waals surface area (Å²) >= 11 is 6.17. The summed E-state index contributed by atoms with van der Waals surface area (Å²) in [4.78, 5) is 33.4. The number of fused-ring (bicyclic) bond motifs is 1. The number of aromatic nitrogens is 4. The number of amides is 1. The number of benzene rings is 1. The highest BCUT2D eigenvalue weighted by Gasteiger charge is 2.20. The Morgan fingerprint density at radius 2 is 1.77 bits per heavy atom. The Hall–Kier alpha value is -4.27. The number of nitrogens with one attached hydrogen (secondary N) is 1. The second-order valence-electron chi connectivity index (χ2n) is 9.98. The average Bonchev–Trinajstić information content (AvgIpc) is 2.99. The zero-order chi connectivity index (χ0) is 27.6. The molecule has 5 aromatic rings. The first-order chi connectivity index (χ1) is 19.4. The van der Waals surface area contributed by atoms with Gasteiger partial charge in [-0.1, -0.05) is 17.7 Å². The van der Waals surface area contributed by atoms with Crippen molar-refractivity contribution in [1.29, 1.82) is 0 Å². The lowest BCUT2D eigenvalue weighted by atomic mass is 9.99. The number of rotatable bonds is 5. The molecule has 0 bridgehead atoms. The standard InChI is InChI=1S/C31H26ClFN6O/c1-39-12-9-22(10-13-39)36-31(40)28-6-2-5-27(37-28)20-14-19(17-34-18-20)24-16-29(25-15-21(32)7-8-26(25)33)38-30-23(24)4-3-11-35-30/h2-8,11,14-18,22H,9-10,12-13H2,1H3,(H,36,40). The first-order valence-electron chi connectivity index (χ1n) is 13.1. The molecule has 1 saturated heterocycles. The van der Waals surface area contributed by atoms with Gasteiger partial charge in [0.05, 0.1) is 11.4 Å². The third-order valence-corrected chi connectivity index (χ3v) is 7.40. The summed E-state index contributed by atoms with van der Waals surface area (Å²) in [6.45, 7) is 1.92. The molecule has 1 amide bonds. The van der Waals surface area contributed by atoms with E-state index in [9.17, 15) is 9.18 Å². The quantitative estimate of drug-likeness (QED) is 0.286. The maximum Gasteiger partial charge on any atom is 0.270 e. The third kappa shape index (κ3) is 5.41. The molecule has 5 heterocycles. The van der Waals surface area contributed by atoms with Crippen molar-refractivity contribution in [3.63, 3.8) is 0 Å². The molecule has 7 nitrogen and oxygen atoms in total. The SMILES string of the molecule is CN1CCC(NC(=O)c2cccc(-c3cncc(-c4cc(-c5cc(Cl)ccc5F)nc5ncccc45)c3)n2)CC1. The van der Waals surface area contributed by atoms with Crippen molar-refractivity contribution in [3.8, 4) is 33.6 Å². The summed E-state index contributed by atoms with van der Waals surface area (Å²) < 4.78 is 14.8. The fourth-order valence-electron chi connectivity index (χ4n) is 4.99. The Labute approximate surface area is 236 Å². The number of hydrogen-bond acceptors (Lipinski definition) is 6. The van der Waals surface area contributed by atoms with Gasteiger partial charge in [-0.05, 0) is 93.1 Å². The van der Waals surface area contributed by atoms with E-state index in [1.54, 1.807) is 30.7 Å². The van der Waals surface area contributed by atoms with Crippen LogP contribution in [0.4, 0.5) is 4.39 Å². The lowest BCUT2D eigenvalue weighted by Gasteiger charge is -2.29. The van der Waals surface area contributed by atoms with Gasteiger partial charge in [0.15, 0.2) is 5.65 Å². The van der Waals surface area contributed by atoms with Crippen LogP contribution in [0.1, 0.15) is 23.3 Å². The van der Waals surface area contributed by atoms with Crippen LogP contribution >= 0.6 is 11.6 Å². The van der Waals surface area contributed by atoms with Crippen molar-refractivity contribution in [2.24, 2.45) is 0 Å². The van der Waals surface area contributed by atoms with Crippen molar-refractivity contribution in [1.82, 2.24) is 30.2 Å². The molecule has 0 aliphatic carbocycles. The van der Waals surface area contributed by atoms with Gasteiger partial charge in [0.2, 0.25) is 0 Å². The first-order valence-corrected chi connectivity index (χ1v) is 13.5. The van der Waals surface area contributed by atoms with E-state index in [4.69, 9.17) is 11.6 Å². The van der Waals surface area contributed by atoms with Crippen LogP contribution in [0.5, 0.6) is 0 Å². The molecule has 1 N–H and O–H groups in total. The maximum atomic E-state index is 14.8. The molecule has 0 radical (unpaired) electrons. The summed E-state index contributed by atoms with van der Waals surface area (Å²) in [7, 11) is 2.09. The molecule has 40 heavy (non-hydrogen) atoms. The largest absolute Gasteiger partial charge is 0.348 e. The van der Waals surface area contributed by atoms with Crippen LogP contribution in [0.2, 0.25) is 5.02 Å². The van der Waals surface area contributed by atoms with Crippen LogP contribution in [0.25, 0.3) is 44.7 Å². The van der Waals surface area contributed by atoms with Gasteiger partial charge in [-0.3, -0.25) is 9.78 Å². The van der Waals surface area contributed by atoms with E-state index in [0.29, 0.717) is 27.8 Å². The lowest BCUT2D eigenvalue weighted by Crippen LogP contribution is -2.43. The van der Waals surface area contributed by atoms with Crippen molar-refractivity contribution >= 4 is 28.5 Å². The molecular weight excluding hydrogens is 527 g/mol. The van der Waals surface area contributed by atoms with Crippen LogP contribution < -0.4 is 5.32 Å². The monoisotopic (exact) mass is 552 g/mol. The Morgan fingerprint density at radius 1 is 0.950 bits per heavy atom. The number of pyridine rings is 4. The fraction of sp³-hybridized carbons (Fsp3) is 0.194. The summed E-state index contributed by atoms with van der Waals surface area (Å²) in [5.74, 6) is -0.607. The van der Waals surface area contributed by atoms with Gasteiger partial charge < -0.3 is 10.2 Å². The highest BCUT2D eigenvalue weighted by molar-refractivity contribution is 6.30. The highest BCUT2D eigenvalue weighted by Crippen LogP contribution is 2.34. The number of hydrogen-bond donors (Lipinski definition) is 1. The zero-order valence-corrected chi connectivity index (χ0v) is 22.6. The molecule has 1 aliphatic rings. The molecule has 200 valence electrons. The van der Waals surface area contributed by atoms with E-state index in [-0.39, 0.29) is 17.5 Å². The molecule has 0 unspecified atom stereocenters. The van der Waals surface area contributed by atoms with Crippen molar-refractivity contribution in [2.45, 2.75) is 18.9 Å². The highest BCUT2D eigenvalue weighted by atomic mass is 35.5. The second kappa shape index (κ2) is 11.1. The van der Waals surface area contributed by atoms with E-state index in [0.717, 1.165) is 48.0 Å². The topological polar surface area (TPSA) is 83.9 Å². The van der Waals surface area contributed by atoms with Crippen LogP contribution in [0, 0.1) is 5.82 Å². The van der Waals surface area contributed by atoms with Gasteiger partial charge in [0.1, 0.15) is 11.5 Å². The summed E-state index contributed by atoms with van der Waals surface area (Å²) in [5.41, 5.74) is 4.48. The van der Waals surface area contributed by atoms with Crippen LogP contribution in [0.15, 0.2) is 79.3 Å². The first kappa shape index (κ1) is 26.0. The Balaban J connectivity index is 1.36. The molecule has 0 spiro atoms. The van der Waals surface area contributed by atoms with Crippen LogP contribution in [-0.4, -0.2) is 56.9 Å².